The molecule has 0 saturated heterocycles. The number of halogens is 1. The van der Waals surface area contributed by atoms with Crippen molar-refractivity contribution in [2.24, 2.45) is 17.6 Å². The number of fused-ring (bicyclic) bond motifs is 1. The van der Waals surface area contributed by atoms with Gasteiger partial charge in [-0.25, -0.2) is 0 Å². The Labute approximate surface area is 231 Å². The van der Waals surface area contributed by atoms with Crippen molar-refractivity contribution in [1.29, 1.82) is 0 Å². The second kappa shape index (κ2) is 11.0. The number of thiophene rings is 1. The van der Waals surface area contributed by atoms with E-state index in [1.807, 2.05) is 44.2 Å². The predicted molar refractivity (Wildman–Crippen MR) is 149 cm³/mol. The first kappa shape index (κ1) is 26.5. The van der Waals surface area contributed by atoms with E-state index in [2.05, 4.69) is 6.07 Å². The Balaban J connectivity index is 1.26. The average molecular weight is 555 g/mol. The first-order valence-corrected chi connectivity index (χ1v) is 13.9. The Morgan fingerprint density at radius 3 is 2.50 bits per heavy atom. The molecule has 1 aliphatic heterocycles. The number of carbonyl (C=O) groups is 2. The van der Waals surface area contributed by atoms with Gasteiger partial charge in [-0.05, 0) is 66.1 Å². The Bertz CT molecular complexity index is 1340. The van der Waals surface area contributed by atoms with Crippen LogP contribution in [0.15, 0.2) is 48.5 Å². The van der Waals surface area contributed by atoms with Gasteiger partial charge in [0.2, 0.25) is 0 Å². The number of rotatable bonds is 10. The monoisotopic (exact) mass is 554 g/mol. The summed E-state index contributed by atoms with van der Waals surface area (Å²) in [5.74, 6) is 0.871. The van der Waals surface area contributed by atoms with E-state index in [4.69, 9.17) is 31.5 Å². The summed E-state index contributed by atoms with van der Waals surface area (Å²) in [6, 6.07) is 14.5. The molecule has 0 bridgehead atoms. The summed E-state index contributed by atoms with van der Waals surface area (Å²) in [7, 11) is 1.56. The zero-order chi connectivity index (χ0) is 27.0. The topological polar surface area (TPSA) is 91.1 Å². The summed E-state index contributed by atoms with van der Waals surface area (Å²) in [4.78, 5) is 29.2. The zero-order valence-electron chi connectivity index (χ0n) is 21.6. The highest BCUT2D eigenvalue weighted by Gasteiger charge is 2.36. The van der Waals surface area contributed by atoms with Crippen molar-refractivity contribution in [1.82, 2.24) is 0 Å². The third-order valence-corrected chi connectivity index (χ3v) is 8.44. The summed E-state index contributed by atoms with van der Waals surface area (Å²) >= 11 is 7.50. The lowest BCUT2D eigenvalue weighted by molar-refractivity contribution is -0.154. The molecule has 2 N–H and O–H groups in total. The minimum atomic E-state index is -0.659. The molecular weight excluding hydrogens is 524 g/mol. The molecule has 9 heteroatoms. The molecule has 2 aliphatic rings. The second-order valence-electron chi connectivity index (χ2n) is 10.1. The van der Waals surface area contributed by atoms with Gasteiger partial charge in [-0.3, -0.25) is 9.59 Å². The van der Waals surface area contributed by atoms with Gasteiger partial charge in [-0.15, -0.1) is 11.3 Å². The number of methoxy groups -OCH3 is 1. The lowest BCUT2D eigenvalue weighted by Gasteiger charge is -2.23. The largest absolute Gasteiger partial charge is 0.493 e. The third kappa shape index (κ3) is 5.53. The van der Waals surface area contributed by atoms with Crippen molar-refractivity contribution in [3.63, 3.8) is 0 Å². The number of esters is 1. The van der Waals surface area contributed by atoms with Gasteiger partial charge >= 0.3 is 5.97 Å². The molecule has 1 saturated carbocycles. The van der Waals surface area contributed by atoms with Gasteiger partial charge in [0.25, 0.3) is 5.91 Å². The van der Waals surface area contributed by atoms with Crippen LogP contribution in [0.3, 0.4) is 0 Å². The number of nitrogens with zero attached hydrogens (tertiary/aromatic N) is 1. The van der Waals surface area contributed by atoms with Crippen molar-refractivity contribution in [3.05, 3.63) is 64.0 Å². The smallest absolute Gasteiger partial charge is 0.323 e. The molecular formula is C29H31ClN2O5S. The van der Waals surface area contributed by atoms with E-state index in [-0.39, 0.29) is 30.5 Å². The lowest BCUT2D eigenvalue weighted by atomic mass is 10.1. The van der Waals surface area contributed by atoms with E-state index in [1.165, 1.54) is 11.3 Å². The molecule has 1 aromatic heterocycles. The molecule has 0 spiro atoms. The molecule has 3 aromatic rings. The van der Waals surface area contributed by atoms with Crippen LogP contribution in [0.25, 0.3) is 10.4 Å². The molecule has 38 heavy (non-hydrogen) atoms. The Kier molecular flexibility index (Phi) is 7.66. The Hall–Kier alpha value is -3.07. The Morgan fingerprint density at radius 2 is 1.87 bits per heavy atom. The van der Waals surface area contributed by atoms with Crippen molar-refractivity contribution in [2.45, 2.75) is 45.4 Å². The maximum Gasteiger partial charge on any atom is 0.323 e. The van der Waals surface area contributed by atoms with E-state index >= 15 is 0 Å². The van der Waals surface area contributed by atoms with Gasteiger partial charge in [0, 0.05) is 21.7 Å². The number of hydrogen-bond acceptors (Lipinski definition) is 7. The molecule has 2 heterocycles. The van der Waals surface area contributed by atoms with Crippen molar-refractivity contribution < 1.29 is 23.8 Å². The summed E-state index contributed by atoms with van der Waals surface area (Å²) in [5.41, 5.74) is 8.73. The van der Waals surface area contributed by atoms with Gasteiger partial charge in [0.1, 0.15) is 18.8 Å². The Morgan fingerprint density at radius 1 is 1.13 bits per heavy atom. The van der Waals surface area contributed by atoms with Gasteiger partial charge in [0.05, 0.1) is 18.5 Å². The van der Waals surface area contributed by atoms with Gasteiger partial charge in [-0.2, -0.15) is 0 Å². The van der Waals surface area contributed by atoms with E-state index in [0.717, 1.165) is 39.4 Å². The molecule has 1 amide bonds. The predicted octanol–water partition coefficient (Wildman–Crippen LogP) is 5.92. The molecule has 5 rings (SSSR count). The number of anilines is 1. The van der Waals surface area contributed by atoms with Gasteiger partial charge < -0.3 is 24.8 Å². The van der Waals surface area contributed by atoms with Crippen LogP contribution in [0.4, 0.5) is 5.69 Å². The van der Waals surface area contributed by atoms with Crippen molar-refractivity contribution in [3.8, 4) is 21.9 Å². The van der Waals surface area contributed by atoms with E-state index in [9.17, 15) is 9.59 Å². The average Bonchev–Trinajstić information content (AvgIpc) is 3.60. The highest BCUT2D eigenvalue weighted by molar-refractivity contribution is 7.17. The first-order valence-electron chi connectivity index (χ1n) is 12.7. The minimum absolute atomic E-state index is 0.00187. The van der Waals surface area contributed by atoms with Crippen LogP contribution >= 0.6 is 22.9 Å². The number of benzene rings is 2. The molecule has 0 unspecified atom stereocenters. The van der Waals surface area contributed by atoms with Crippen LogP contribution in [0.2, 0.25) is 5.02 Å². The third-order valence-electron chi connectivity index (χ3n) is 6.97. The highest BCUT2D eigenvalue weighted by atomic mass is 35.5. The number of nitrogens with two attached hydrogens (primary N) is 1. The summed E-state index contributed by atoms with van der Waals surface area (Å²) in [5, 5.41) is 0.681. The van der Waals surface area contributed by atoms with Crippen LogP contribution in [0.1, 0.15) is 41.9 Å². The maximum absolute atomic E-state index is 13.3. The normalized spacial score (nSPS) is 16.4. The fourth-order valence-corrected chi connectivity index (χ4v) is 5.66. The van der Waals surface area contributed by atoms with Crippen LogP contribution < -0.4 is 20.1 Å². The van der Waals surface area contributed by atoms with E-state index in [0.29, 0.717) is 23.1 Å². The van der Waals surface area contributed by atoms with E-state index in [1.54, 1.807) is 24.1 Å². The fraction of sp³-hybridized carbons (Fsp3) is 0.379. The molecule has 7 nitrogen and oxygen atoms in total. The van der Waals surface area contributed by atoms with Crippen LogP contribution in [0.5, 0.6) is 11.5 Å². The number of hydrogen-bond donors (Lipinski definition) is 1. The first-order chi connectivity index (χ1) is 18.2. The molecule has 1 aliphatic carbocycles. The van der Waals surface area contributed by atoms with E-state index < -0.39 is 12.0 Å². The van der Waals surface area contributed by atoms with Crippen LogP contribution in [0, 0.1) is 11.8 Å². The summed E-state index contributed by atoms with van der Waals surface area (Å²) in [6.45, 7) is 4.48. The van der Waals surface area contributed by atoms with Gasteiger partial charge in [-0.1, -0.05) is 37.6 Å². The van der Waals surface area contributed by atoms with Gasteiger partial charge in [0.15, 0.2) is 11.5 Å². The van der Waals surface area contributed by atoms with Crippen molar-refractivity contribution >= 4 is 40.5 Å². The van der Waals surface area contributed by atoms with Crippen LogP contribution in [-0.2, 0) is 16.1 Å². The maximum atomic E-state index is 13.3. The second-order valence-corrected chi connectivity index (χ2v) is 11.6. The lowest BCUT2D eigenvalue weighted by Crippen LogP contribution is -2.40. The molecule has 2 atom stereocenters. The fourth-order valence-electron chi connectivity index (χ4n) is 4.41. The number of amides is 1. The number of carbonyl (C=O) groups excluding carboxylic acids is 2. The summed E-state index contributed by atoms with van der Waals surface area (Å²) < 4.78 is 17.3. The molecule has 2 aromatic carbocycles. The SMILES string of the molecule is COc1cc(N2Cc3cc(-c4ccc(Cl)cc4)sc3C2=O)ccc1OC[C@H](OC(=O)[C@@H](N)C(C)C)C1CC1. The molecule has 200 valence electrons. The van der Waals surface area contributed by atoms with Crippen molar-refractivity contribution in [2.75, 3.05) is 18.6 Å². The minimum Gasteiger partial charge on any atom is -0.493 e. The number of ether oxygens (including phenoxy) is 3. The summed E-state index contributed by atoms with van der Waals surface area (Å²) in [6.07, 6.45) is 1.63. The standard InChI is InChI=1S/C29H31ClN2O5S/c1-16(2)26(31)29(34)37-24(17-4-5-17)15-36-22-11-10-21(13-23(22)35-3)32-14-19-12-25(38-27(19)28(32)33)18-6-8-20(30)9-7-18/h6-13,16-17,24,26H,4-5,14-15,31H2,1-3H3/t24-,26-/m0/s1. The zero-order valence-corrected chi connectivity index (χ0v) is 23.2. The molecule has 0 radical (unpaired) electrons. The highest BCUT2D eigenvalue weighted by Crippen LogP contribution is 2.41. The van der Waals surface area contributed by atoms with Crippen LogP contribution in [-0.4, -0.2) is 37.7 Å². The quantitative estimate of drug-likeness (QED) is 0.313. The molecule has 1 fully saturated rings.